The average Bonchev–Trinajstić information content (AvgIpc) is 2.16. The molecule has 0 aliphatic carbocycles. The molecule has 0 saturated carbocycles. The maximum absolute atomic E-state index is 12.6. The first-order valence-corrected chi connectivity index (χ1v) is 4.73. The van der Waals surface area contributed by atoms with Crippen molar-refractivity contribution in [2.45, 2.75) is 6.43 Å². The van der Waals surface area contributed by atoms with Gasteiger partial charge in [-0.1, -0.05) is 0 Å². The fourth-order valence-corrected chi connectivity index (χ4v) is 1.77. The van der Waals surface area contributed by atoms with Gasteiger partial charge in [0, 0.05) is 11.8 Å². The molecule has 4 nitrogen and oxygen atoms in total. The van der Waals surface area contributed by atoms with Crippen LogP contribution in [0.2, 0.25) is 0 Å². The van der Waals surface area contributed by atoms with Gasteiger partial charge in [-0.05, 0) is 22.6 Å². The van der Waals surface area contributed by atoms with E-state index in [0.29, 0.717) is 0 Å². The van der Waals surface area contributed by atoms with Gasteiger partial charge in [0.05, 0.1) is 9.13 Å². The predicted octanol–water partition coefficient (Wildman–Crippen LogP) is 1.59. The minimum Gasteiger partial charge on any atom is -0.366 e. The van der Waals surface area contributed by atoms with E-state index in [1.807, 2.05) is 0 Å². The number of carbonyl (C=O) groups excluding carboxylic acids is 1. The summed E-state index contributed by atoms with van der Waals surface area (Å²) in [7, 11) is 0. The van der Waals surface area contributed by atoms with E-state index >= 15 is 0 Å². The third-order valence-corrected chi connectivity index (χ3v) is 2.74. The van der Waals surface area contributed by atoms with Gasteiger partial charge in [-0.25, -0.2) is 13.8 Å². The molecular weight excluding hydrogens is 319 g/mol. The van der Waals surface area contributed by atoms with Crippen LogP contribution in [-0.2, 0) is 0 Å². The van der Waals surface area contributed by atoms with Gasteiger partial charge in [-0.15, -0.1) is 0 Å². The lowest BCUT2D eigenvalue weighted by Gasteiger charge is -2.08. The summed E-state index contributed by atoms with van der Waals surface area (Å²) in [5.74, 6) is -0.986. The van der Waals surface area contributed by atoms with E-state index in [4.69, 9.17) is 11.0 Å². The van der Waals surface area contributed by atoms with Gasteiger partial charge in [0.1, 0.15) is 6.07 Å². The van der Waals surface area contributed by atoms with Crippen LogP contribution in [0.15, 0.2) is 6.20 Å². The molecule has 1 heterocycles. The Kier molecular flexibility index (Phi) is 3.52. The third-order valence-electron chi connectivity index (χ3n) is 1.65. The number of hydrogen-bond donors (Lipinski definition) is 1. The van der Waals surface area contributed by atoms with Crippen LogP contribution in [0.4, 0.5) is 8.78 Å². The van der Waals surface area contributed by atoms with Crippen molar-refractivity contribution in [3.63, 3.8) is 0 Å². The highest BCUT2D eigenvalue weighted by Crippen LogP contribution is 2.28. The molecule has 7 heteroatoms. The fraction of sp³-hybridized carbons (Fsp3) is 0.125. The van der Waals surface area contributed by atoms with Crippen molar-refractivity contribution in [1.29, 1.82) is 5.26 Å². The Morgan fingerprint density at radius 2 is 2.27 bits per heavy atom. The molecule has 1 aromatic heterocycles. The average molecular weight is 323 g/mol. The van der Waals surface area contributed by atoms with E-state index in [-0.39, 0.29) is 14.8 Å². The minimum atomic E-state index is -2.87. The van der Waals surface area contributed by atoms with Crippen molar-refractivity contribution in [2.75, 3.05) is 0 Å². The number of carbonyl (C=O) groups is 1. The number of pyridine rings is 1. The number of primary amides is 1. The van der Waals surface area contributed by atoms with E-state index in [0.717, 1.165) is 6.20 Å². The molecule has 1 amide bonds. The molecular formula is C8H4F2IN3O. The molecule has 1 aromatic rings. The molecule has 2 N–H and O–H groups in total. The van der Waals surface area contributed by atoms with Crippen molar-refractivity contribution >= 4 is 28.5 Å². The van der Waals surface area contributed by atoms with E-state index in [1.165, 1.54) is 0 Å². The Morgan fingerprint density at radius 1 is 1.67 bits per heavy atom. The monoisotopic (exact) mass is 323 g/mol. The third kappa shape index (κ3) is 2.20. The summed E-state index contributed by atoms with van der Waals surface area (Å²) in [6.07, 6.45) is -1.97. The number of alkyl halides is 2. The van der Waals surface area contributed by atoms with Gasteiger partial charge in [-0.3, -0.25) is 4.79 Å². The van der Waals surface area contributed by atoms with Crippen molar-refractivity contribution in [3.8, 4) is 6.07 Å². The first-order valence-electron chi connectivity index (χ1n) is 3.65. The summed E-state index contributed by atoms with van der Waals surface area (Å²) in [6.45, 7) is 0. The normalized spacial score (nSPS) is 10.1. The Balaban J connectivity index is 3.53. The molecule has 15 heavy (non-hydrogen) atoms. The molecule has 0 fully saturated rings. The largest absolute Gasteiger partial charge is 0.366 e. The van der Waals surface area contributed by atoms with E-state index in [9.17, 15) is 13.6 Å². The molecule has 0 bridgehead atoms. The van der Waals surface area contributed by atoms with Crippen LogP contribution >= 0.6 is 22.6 Å². The van der Waals surface area contributed by atoms with Crippen molar-refractivity contribution in [1.82, 2.24) is 4.98 Å². The smallest absolute Gasteiger partial charge is 0.265 e. The molecule has 0 aliphatic heterocycles. The van der Waals surface area contributed by atoms with Gasteiger partial charge in [0.2, 0.25) is 0 Å². The summed E-state index contributed by atoms with van der Waals surface area (Å²) in [5.41, 5.74) is 3.89. The molecule has 78 valence electrons. The molecule has 0 unspecified atom stereocenters. The maximum atomic E-state index is 12.6. The zero-order valence-electron chi connectivity index (χ0n) is 7.17. The van der Waals surface area contributed by atoms with Gasteiger partial charge in [-0.2, -0.15) is 5.26 Å². The number of nitrogens with zero attached hydrogens (tertiary/aromatic N) is 2. The van der Waals surface area contributed by atoms with Crippen LogP contribution in [0.1, 0.15) is 28.0 Å². The molecule has 0 aromatic carbocycles. The summed E-state index contributed by atoms with van der Waals surface area (Å²) in [5, 5.41) is 8.58. The first kappa shape index (κ1) is 11.8. The zero-order valence-corrected chi connectivity index (χ0v) is 9.33. The van der Waals surface area contributed by atoms with Crippen molar-refractivity contribution < 1.29 is 13.6 Å². The fourth-order valence-electron chi connectivity index (χ4n) is 0.989. The van der Waals surface area contributed by atoms with Crippen LogP contribution in [0.5, 0.6) is 0 Å². The van der Waals surface area contributed by atoms with Gasteiger partial charge in [0.15, 0.2) is 5.69 Å². The van der Waals surface area contributed by atoms with Crippen LogP contribution in [0.25, 0.3) is 0 Å². The van der Waals surface area contributed by atoms with Gasteiger partial charge >= 0.3 is 0 Å². The SMILES string of the molecule is N#Cc1ncc(C(N)=O)c(C(F)F)c1I. The Labute approximate surface area is 97.2 Å². The maximum Gasteiger partial charge on any atom is 0.265 e. The van der Waals surface area contributed by atoms with Crippen molar-refractivity contribution in [2.24, 2.45) is 5.73 Å². The first-order chi connectivity index (χ1) is 6.99. The number of rotatable bonds is 2. The molecule has 0 radical (unpaired) electrons. The second-order valence-electron chi connectivity index (χ2n) is 2.52. The number of hydrogen-bond acceptors (Lipinski definition) is 3. The van der Waals surface area contributed by atoms with Gasteiger partial charge in [0.25, 0.3) is 12.3 Å². The quantitative estimate of drug-likeness (QED) is 0.840. The second kappa shape index (κ2) is 4.48. The topological polar surface area (TPSA) is 79.8 Å². The summed E-state index contributed by atoms with van der Waals surface area (Å²) < 4.78 is 25.2. The van der Waals surface area contributed by atoms with Crippen LogP contribution in [0, 0.1) is 14.9 Å². The predicted molar refractivity (Wildman–Crippen MR) is 55.1 cm³/mol. The zero-order chi connectivity index (χ0) is 11.6. The van der Waals surface area contributed by atoms with Crippen LogP contribution in [0.3, 0.4) is 0 Å². The number of nitriles is 1. The van der Waals surface area contributed by atoms with Gasteiger partial charge < -0.3 is 5.73 Å². The van der Waals surface area contributed by atoms with Crippen LogP contribution in [-0.4, -0.2) is 10.9 Å². The number of nitrogens with two attached hydrogens (primary N) is 1. The summed E-state index contributed by atoms with van der Waals surface area (Å²) in [6, 6.07) is 1.65. The number of aromatic nitrogens is 1. The Bertz CT molecular complexity index is 456. The molecule has 0 saturated heterocycles. The molecule has 0 aliphatic rings. The lowest BCUT2D eigenvalue weighted by molar-refractivity contribution is 0.0985. The molecule has 0 spiro atoms. The standard InChI is InChI=1S/C8H4F2IN3O/c9-7(10)5-3(8(13)15)2-14-4(1-12)6(5)11/h2,7H,(H2,13,15). The van der Waals surface area contributed by atoms with E-state index in [1.54, 1.807) is 28.7 Å². The summed E-state index contributed by atoms with van der Waals surface area (Å²) >= 11 is 1.54. The number of halogens is 3. The minimum absolute atomic E-state index is 0.0404. The second-order valence-corrected chi connectivity index (χ2v) is 3.60. The van der Waals surface area contributed by atoms with Crippen LogP contribution < -0.4 is 5.73 Å². The Morgan fingerprint density at radius 3 is 2.67 bits per heavy atom. The summed E-state index contributed by atoms with van der Waals surface area (Å²) in [4.78, 5) is 14.4. The Hall–Kier alpha value is -1.30. The highest BCUT2D eigenvalue weighted by Gasteiger charge is 2.22. The highest BCUT2D eigenvalue weighted by atomic mass is 127. The number of amides is 1. The van der Waals surface area contributed by atoms with E-state index in [2.05, 4.69) is 4.98 Å². The van der Waals surface area contributed by atoms with Crippen molar-refractivity contribution in [3.05, 3.63) is 26.6 Å². The highest BCUT2D eigenvalue weighted by molar-refractivity contribution is 14.1. The lowest BCUT2D eigenvalue weighted by atomic mass is 10.1. The van der Waals surface area contributed by atoms with E-state index < -0.39 is 17.9 Å². The lowest BCUT2D eigenvalue weighted by Crippen LogP contribution is -2.16. The molecule has 0 atom stereocenters. The molecule has 1 rings (SSSR count).